The van der Waals surface area contributed by atoms with Crippen LogP contribution in [0.25, 0.3) is 0 Å². The molecule has 4 aliphatic rings. The van der Waals surface area contributed by atoms with E-state index in [0.717, 1.165) is 13.1 Å². The number of aliphatic hydroxyl groups is 1. The largest absolute Gasteiger partial charge is 0.455 e. The number of nitrogens with one attached hydrogen (secondary N) is 1. The second kappa shape index (κ2) is 17.6. The molecule has 1 aromatic rings. The Labute approximate surface area is 309 Å². The number of carbonyl (C=O) groups excluding carboxylic acids is 4. The van der Waals surface area contributed by atoms with Crippen LogP contribution in [0.5, 0.6) is 0 Å². The van der Waals surface area contributed by atoms with Gasteiger partial charge in [-0.25, -0.2) is 0 Å². The number of esters is 1. The molecule has 13 heteroatoms. The Morgan fingerprint density at radius 3 is 2.57 bits per heavy atom. The zero-order valence-electron chi connectivity index (χ0n) is 29.8. The maximum atomic E-state index is 14.9. The van der Waals surface area contributed by atoms with Gasteiger partial charge in [-0.15, -0.1) is 13.2 Å². The van der Waals surface area contributed by atoms with E-state index in [0.29, 0.717) is 51.1 Å². The Bertz CT molecular complexity index is 1410. The lowest BCUT2D eigenvalue weighted by Gasteiger charge is -2.41. The molecule has 4 saturated heterocycles. The zero-order chi connectivity index (χ0) is 36.7. The van der Waals surface area contributed by atoms with Crippen molar-refractivity contribution in [2.24, 2.45) is 17.8 Å². The number of morpholine rings is 1. The predicted octanol–water partition coefficient (Wildman–Crippen LogP) is 2.86. The Morgan fingerprint density at radius 2 is 1.92 bits per heavy atom. The monoisotopic (exact) mass is 772 g/mol. The molecule has 12 nitrogen and oxygen atoms in total. The van der Waals surface area contributed by atoms with Gasteiger partial charge in [0.15, 0.2) is 0 Å². The molecule has 9 atom stereocenters. The highest BCUT2D eigenvalue weighted by Crippen LogP contribution is 2.61. The van der Waals surface area contributed by atoms with Gasteiger partial charge < -0.3 is 34.4 Å². The van der Waals surface area contributed by atoms with Crippen molar-refractivity contribution in [2.45, 2.75) is 74.3 Å². The fraction of sp³-hybridized carbons (Fsp3) is 0.632. The van der Waals surface area contributed by atoms with E-state index in [1.165, 1.54) is 4.90 Å². The number of carbonyl (C=O) groups is 4. The first-order valence-corrected chi connectivity index (χ1v) is 19.1. The lowest BCUT2D eigenvalue weighted by atomic mass is 9.70. The summed E-state index contributed by atoms with van der Waals surface area (Å²) in [5.74, 6) is -3.67. The van der Waals surface area contributed by atoms with E-state index in [-0.39, 0.29) is 48.7 Å². The average molecular weight is 774 g/mol. The minimum Gasteiger partial charge on any atom is -0.455 e. The number of allylic oxidation sites excluding steroid dienone is 1. The molecule has 0 radical (unpaired) electrons. The number of rotatable bonds is 18. The van der Waals surface area contributed by atoms with Crippen LogP contribution >= 0.6 is 15.9 Å². The lowest BCUT2D eigenvalue weighted by molar-refractivity contribution is -0.161. The van der Waals surface area contributed by atoms with Crippen molar-refractivity contribution in [2.75, 3.05) is 59.1 Å². The fourth-order valence-electron chi connectivity index (χ4n) is 8.14. The molecule has 4 fully saturated rings. The van der Waals surface area contributed by atoms with Crippen molar-refractivity contribution in [1.82, 2.24) is 20.0 Å². The van der Waals surface area contributed by atoms with Gasteiger partial charge in [0.2, 0.25) is 17.7 Å². The number of aliphatic hydroxyl groups excluding tert-OH is 1. The first kappa shape index (κ1) is 39.1. The van der Waals surface area contributed by atoms with E-state index in [4.69, 9.17) is 14.2 Å². The van der Waals surface area contributed by atoms with Crippen LogP contribution < -0.4 is 5.32 Å². The molecule has 2 bridgehead atoms. The number of nitrogens with zero attached hydrogens (tertiary/aromatic N) is 3. The van der Waals surface area contributed by atoms with Crippen LogP contribution in [0.15, 0.2) is 55.6 Å². The molecule has 3 amide bonds. The molecule has 1 aromatic carbocycles. The summed E-state index contributed by atoms with van der Waals surface area (Å²) in [6.07, 6.45) is 3.55. The van der Waals surface area contributed by atoms with Crippen LogP contribution in [0.3, 0.4) is 0 Å². The number of hydrogen-bond acceptors (Lipinski definition) is 9. The molecule has 2 N–H and O–H groups in total. The molecule has 5 rings (SSSR count). The summed E-state index contributed by atoms with van der Waals surface area (Å²) in [4.78, 5) is 61.8. The minimum atomic E-state index is -1.32. The van der Waals surface area contributed by atoms with Crippen LogP contribution in [0, 0.1) is 17.8 Å². The molecular weight excluding hydrogens is 720 g/mol. The summed E-state index contributed by atoms with van der Waals surface area (Å²) in [6, 6.07) is 7.40. The molecular formula is C38H53BrN4O8. The Hall–Kier alpha value is -3.10. The van der Waals surface area contributed by atoms with Gasteiger partial charge in [0.05, 0.1) is 50.3 Å². The highest BCUT2D eigenvalue weighted by Gasteiger charge is 2.77. The number of halogens is 1. The third-order valence-electron chi connectivity index (χ3n) is 11.0. The maximum absolute atomic E-state index is 14.9. The van der Waals surface area contributed by atoms with E-state index in [1.54, 1.807) is 17.1 Å². The van der Waals surface area contributed by atoms with Crippen LogP contribution in [-0.4, -0.2) is 131 Å². The zero-order valence-corrected chi connectivity index (χ0v) is 31.4. The van der Waals surface area contributed by atoms with Crippen LogP contribution in [0.2, 0.25) is 0 Å². The van der Waals surface area contributed by atoms with Crippen molar-refractivity contribution in [3.05, 3.63) is 61.2 Å². The fourth-order valence-corrected chi connectivity index (χ4v) is 9.08. The van der Waals surface area contributed by atoms with E-state index in [1.807, 2.05) is 44.2 Å². The first-order chi connectivity index (χ1) is 24.6. The van der Waals surface area contributed by atoms with Crippen LogP contribution in [0.1, 0.15) is 51.2 Å². The molecule has 51 heavy (non-hydrogen) atoms. The summed E-state index contributed by atoms with van der Waals surface area (Å²) in [5, 5.41) is 13.6. The van der Waals surface area contributed by atoms with E-state index in [2.05, 4.69) is 39.3 Å². The summed E-state index contributed by atoms with van der Waals surface area (Å²) in [7, 11) is 0. The minimum absolute atomic E-state index is 0.0406. The standard InChI is InChI=1S/C38H53BrN4O8/c1-5-8-14-30(45)40-23-29(26-12-10-9-11-13-26)50-37(48)31-32-35(46)43(28(24-44)25(4)7-3)34(38(32)22-27(39)33(31)51-38)36(47)42(15-6-2)17-16-41-18-20-49-21-19-41/h5-6,9-13,25,27-29,31-34,44H,1-2,7-8,14-24H2,3-4H3,(H,40,45)/t25-,27?,28-,29+,31+,32-,33+,34+,38-/m0/s1. The third kappa shape index (κ3) is 8.12. The smallest absolute Gasteiger partial charge is 0.313 e. The highest BCUT2D eigenvalue weighted by molar-refractivity contribution is 9.09. The van der Waals surface area contributed by atoms with Gasteiger partial charge in [-0.05, 0) is 24.3 Å². The topological polar surface area (TPSA) is 138 Å². The van der Waals surface area contributed by atoms with Crippen LogP contribution in [0.4, 0.5) is 0 Å². The Kier molecular flexibility index (Phi) is 13.5. The van der Waals surface area contributed by atoms with Crippen LogP contribution in [-0.2, 0) is 33.4 Å². The molecule has 4 heterocycles. The molecule has 280 valence electrons. The summed E-state index contributed by atoms with van der Waals surface area (Å²) < 4.78 is 18.4. The predicted molar refractivity (Wildman–Crippen MR) is 195 cm³/mol. The maximum Gasteiger partial charge on any atom is 0.313 e. The van der Waals surface area contributed by atoms with Crippen molar-refractivity contribution in [1.29, 1.82) is 0 Å². The van der Waals surface area contributed by atoms with Gasteiger partial charge in [0, 0.05) is 44.0 Å². The van der Waals surface area contributed by atoms with Crippen molar-refractivity contribution >= 4 is 39.6 Å². The van der Waals surface area contributed by atoms with Gasteiger partial charge in [-0.2, -0.15) is 0 Å². The second-order valence-electron chi connectivity index (χ2n) is 14.0. The van der Waals surface area contributed by atoms with Gasteiger partial charge in [-0.3, -0.25) is 24.1 Å². The summed E-state index contributed by atoms with van der Waals surface area (Å²) in [6.45, 7) is 15.3. The number of likely N-dealkylation sites (tertiary alicyclic amines) is 1. The average Bonchev–Trinajstić information content (AvgIpc) is 3.74. The Morgan fingerprint density at radius 1 is 1.20 bits per heavy atom. The number of amides is 3. The summed E-state index contributed by atoms with van der Waals surface area (Å²) in [5.41, 5.74) is -0.633. The second-order valence-corrected chi connectivity index (χ2v) is 15.2. The molecule has 1 spiro atoms. The quantitative estimate of drug-likeness (QED) is 0.131. The molecule has 0 saturated carbocycles. The van der Waals surface area contributed by atoms with Crippen molar-refractivity contribution in [3.63, 3.8) is 0 Å². The van der Waals surface area contributed by atoms with Gasteiger partial charge in [-0.1, -0.05) is 78.7 Å². The number of ether oxygens (including phenoxy) is 3. The molecule has 0 aromatic heterocycles. The number of fused-ring (bicyclic) bond motifs is 1. The number of alkyl halides is 1. The third-order valence-corrected chi connectivity index (χ3v) is 11.9. The highest BCUT2D eigenvalue weighted by atomic mass is 79.9. The molecule has 0 aliphatic carbocycles. The summed E-state index contributed by atoms with van der Waals surface area (Å²) >= 11 is 3.75. The Balaban J connectivity index is 1.47. The first-order valence-electron chi connectivity index (χ1n) is 18.2. The SMILES string of the molecule is C=CCCC(=O)NC[C@@H](OC(=O)[C@H]1[C@@H]2O[C@@]3(CC2Br)[C@@H]1C(=O)N([C@@H](CO)[C@@H](C)CC)[C@@H]3C(=O)N(CC=C)CCN1CCOCC1)c1ccccc1. The number of benzene rings is 1. The van der Waals surface area contributed by atoms with Gasteiger partial charge in [0.1, 0.15) is 17.7 Å². The van der Waals surface area contributed by atoms with E-state index in [9.17, 15) is 24.3 Å². The van der Waals surface area contributed by atoms with E-state index < -0.39 is 53.6 Å². The van der Waals surface area contributed by atoms with Gasteiger partial charge in [0.25, 0.3) is 0 Å². The van der Waals surface area contributed by atoms with Gasteiger partial charge >= 0.3 is 5.97 Å². The van der Waals surface area contributed by atoms with Crippen molar-refractivity contribution < 1.29 is 38.5 Å². The molecule has 1 unspecified atom stereocenters. The normalized spacial score (nSPS) is 28.8. The molecule has 4 aliphatic heterocycles. The van der Waals surface area contributed by atoms with E-state index >= 15 is 0 Å². The van der Waals surface area contributed by atoms with Crippen molar-refractivity contribution in [3.8, 4) is 0 Å². The lowest BCUT2D eigenvalue weighted by Crippen LogP contribution is -2.60. The number of hydrogen-bond donors (Lipinski definition) is 2.